The molecule has 3 unspecified atom stereocenters. The van der Waals surface area contributed by atoms with Crippen LogP contribution in [-0.4, -0.2) is 103 Å². The van der Waals surface area contributed by atoms with Crippen LogP contribution in [-0.2, 0) is 32.2 Å². The Labute approximate surface area is 177 Å². The minimum absolute atomic E-state index is 0.0864. The normalized spacial score (nSPS) is 27.7. The molecule has 0 radical (unpaired) electrons. The van der Waals surface area contributed by atoms with Crippen LogP contribution in [0.1, 0.15) is 18.5 Å². The number of aliphatic hydroxyl groups is 3. The second-order valence-electron chi connectivity index (χ2n) is 6.89. The summed E-state index contributed by atoms with van der Waals surface area (Å²) in [7, 11) is 1.70. The van der Waals surface area contributed by atoms with E-state index in [1.54, 1.807) is 25.0 Å². The highest BCUT2D eigenvalue weighted by molar-refractivity contribution is 7.98. The van der Waals surface area contributed by atoms with Crippen LogP contribution >= 0.6 is 11.8 Å². The molecule has 0 aromatic carbocycles. The van der Waals surface area contributed by atoms with Crippen LogP contribution in [0.5, 0.6) is 0 Å². The number of carbonyl (C=O) groups is 2. The van der Waals surface area contributed by atoms with Gasteiger partial charge in [-0.2, -0.15) is 11.8 Å². The third-order valence-corrected chi connectivity index (χ3v) is 5.39. The number of thioether (sulfide) groups is 1. The highest BCUT2D eigenvalue weighted by atomic mass is 32.2. The van der Waals surface area contributed by atoms with Gasteiger partial charge in [0, 0.05) is 12.8 Å². The summed E-state index contributed by atoms with van der Waals surface area (Å²) in [5.41, 5.74) is 0.542. The first-order chi connectivity index (χ1) is 14.3. The van der Waals surface area contributed by atoms with E-state index in [4.69, 9.17) is 14.6 Å². The Bertz CT molecular complexity index is 705. The Morgan fingerprint density at radius 1 is 1.33 bits per heavy atom. The molecule has 1 aromatic rings. The number of aromatic nitrogens is 3. The second-order valence-corrected chi connectivity index (χ2v) is 7.87. The molecule has 0 amide bonds. The number of aliphatic hydroxyl groups excluding tert-OH is 3. The Hall–Kier alpha value is -1.61. The number of ketones is 1. The maximum atomic E-state index is 12.3. The molecular formula is C17H28N4O8S. The van der Waals surface area contributed by atoms with Gasteiger partial charge in [-0.25, -0.2) is 9.48 Å². The van der Waals surface area contributed by atoms with Gasteiger partial charge in [-0.1, -0.05) is 5.21 Å². The zero-order valence-corrected chi connectivity index (χ0v) is 17.6. The molecule has 1 aliphatic heterocycles. The number of hydrogen-bond acceptors (Lipinski definition) is 11. The summed E-state index contributed by atoms with van der Waals surface area (Å²) < 4.78 is 11.6. The predicted octanol–water partition coefficient (Wildman–Crippen LogP) is -2.01. The van der Waals surface area contributed by atoms with Gasteiger partial charge < -0.3 is 35.2 Å². The summed E-state index contributed by atoms with van der Waals surface area (Å²) in [6, 6.07) is -0.394. The molecule has 0 aliphatic carbocycles. The van der Waals surface area contributed by atoms with Crippen molar-refractivity contribution in [3.63, 3.8) is 0 Å². The van der Waals surface area contributed by atoms with Crippen LogP contribution in [0.15, 0.2) is 6.20 Å². The number of carboxylic acids is 1. The van der Waals surface area contributed by atoms with Gasteiger partial charge in [0.25, 0.3) is 0 Å². The van der Waals surface area contributed by atoms with Crippen LogP contribution < -0.4 is 5.32 Å². The lowest BCUT2D eigenvalue weighted by atomic mass is 9.99. The van der Waals surface area contributed by atoms with E-state index in [1.807, 2.05) is 6.26 Å². The number of nitrogens with zero attached hydrogens (tertiary/aromatic N) is 3. The minimum Gasteiger partial charge on any atom is -0.479 e. The van der Waals surface area contributed by atoms with Crippen molar-refractivity contribution in [2.24, 2.45) is 0 Å². The third-order valence-electron chi connectivity index (χ3n) is 4.69. The SMILES string of the molecule is CN[C@@H](Cc1cn(COC2OC(C(=O)O)C(O)[C@H](O)[C@@H]2O)nn1)C(=O)CCCSC. The largest absolute Gasteiger partial charge is 0.479 e. The van der Waals surface area contributed by atoms with Crippen molar-refractivity contribution in [3.8, 4) is 0 Å². The lowest BCUT2D eigenvalue weighted by molar-refractivity contribution is -0.302. The number of carboxylic acid groups (broad SMARTS) is 1. The van der Waals surface area contributed by atoms with Crippen molar-refractivity contribution in [2.75, 3.05) is 19.1 Å². The molecule has 1 fully saturated rings. The van der Waals surface area contributed by atoms with Gasteiger partial charge >= 0.3 is 5.97 Å². The van der Waals surface area contributed by atoms with Crippen molar-refractivity contribution in [3.05, 3.63) is 11.9 Å². The van der Waals surface area contributed by atoms with Crippen LogP contribution in [0.25, 0.3) is 0 Å². The number of carbonyl (C=O) groups excluding carboxylic acids is 1. The number of rotatable bonds is 12. The van der Waals surface area contributed by atoms with Gasteiger partial charge in [-0.05, 0) is 25.5 Å². The summed E-state index contributed by atoms with van der Waals surface area (Å²) in [6.07, 6.45) is -3.26. The number of hydrogen-bond donors (Lipinski definition) is 5. The highest BCUT2D eigenvalue weighted by Gasteiger charge is 2.47. The molecule has 0 spiro atoms. The lowest BCUT2D eigenvalue weighted by Gasteiger charge is -2.38. The van der Waals surface area contributed by atoms with Gasteiger partial charge in [0.1, 0.15) is 30.8 Å². The standard InChI is InChI=1S/C17H28N4O8S/c1-18-10(11(22)4-3-5-30-2)6-9-7-21(20-19-9)8-28-17-14(25)12(23)13(24)15(29-17)16(26)27/h7,10,12-15,17-18,23-25H,3-6,8H2,1-2H3,(H,26,27)/t10-,12-,13?,14-,15?,17?/m0/s1. The summed E-state index contributed by atoms with van der Waals surface area (Å²) >= 11 is 1.69. The molecule has 5 N–H and O–H groups in total. The van der Waals surface area contributed by atoms with Crippen molar-refractivity contribution < 1.29 is 39.5 Å². The predicted molar refractivity (Wildman–Crippen MR) is 105 cm³/mol. The highest BCUT2D eigenvalue weighted by Crippen LogP contribution is 2.22. The van der Waals surface area contributed by atoms with Crippen molar-refractivity contribution >= 4 is 23.5 Å². The molecule has 30 heavy (non-hydrogen) atoms. The van der Waals surface area contributed by atoms with Gasteiger partial charge in [-0.3, -0.25) is 4.79 Å². The molecule has 13 heteroatoms. The molecule has 12 nitrogen and oxygen atoms in total. The van der Waals surface area contributed by atoms with E-state index in [1.165, 1.54) is 4.68 Å². The first-order valence-corrected chi connectivity index (χ1v) is 10.8. The van der Waals surface area contributed by atoms with E-state index in [0.29, 0.717) is 18.5 Å². The Morgan fingerprint density at radius 3 is 2.70 bits per heavy atom. The van der Waals surface area contributed by atoms with Crippen LogP contribution in [0.3, 0.4) is 0 Å². The Kier molecular flexibility index (Phi) is 9.61. The summed E-state index contributed by atoms with van der Waals surface area (Å²) in [5, 5.41) is 49.3. The summed E-state index contributed by atoms with van der Waals surface area (Å²) in [6.45, 7) is -0.254. The molecule has 1 aromatic heterocycles. The van der Waals surface area contributed by atoms with Crippen molar-refractivity contribution in [2.45, 2.75) is 62.7 Å². The van der Waals surface area contributed by atoms with Gasteiger partial charge in [0.05, 0.1) is 17.9 Å². The fourth-order valence-electron chi connectivity index (χ4n) is 2.99. The van der Waals surface area contributed by atoms with E-state index >= 15 is 0 Å². The fraction of sp³-hybridized carbons (Fsp3) is 0.765. The number of nitrogens with one attached hydrogen (secondary N) is 1. The molecular weight excluding hydrogens is 420 g/mol. The molecule has 6 atom stereocenters. The van der Waals surface area contributed by atoms with Gasteiger partial charge in [0.2, 0.25) is 0 Å². The first kappa shape index (κ1) is 24.7. The zero-order chi connectivity index (χ0) is 22.3. The topological polar surface area (TPSA) is 176 Å². The summed E-state index contributed by atoms with van der Waals surface area (Å²) in [4.78, 5) is 23.4. The first-order valence-electron chi connectivity index (χ1n) is 9.40. The molecule has 2 heterocycles. The minimum atomic E-state index is -1.79. The maximum Gasteiger partial charge on any atom is 0.335 e. The molecule has 2 rings (SSSR count). The Morgan fingerprint density at radius 2 is 2.07 bits per heavy atom. The van der Waals surface area contributed by atoms with E-state index in [9.17, 15) is 24.9 Å². The third kappa shape index (κ3) is 6.44. The smallest absolute Gasteiger partial charge is 0.335 e. The molecule has 170 valence electrons. The zero-order valence-electron chi connectivity index (χ0n) is 16.7. The Balaban J connectivity index is 1.90. The van der Waals surface area contributed by atoms with E-state index in [-0.39, 0.29) is 12.5 Å². The average Bonchev–Trinajstić information content (AvgIpc) is 3.17. The van der Waals surface area contributed by atoms with E-state index in [0.717, 1.165) is 12.2 Å². The van der Waals surface area contributed by atoms with Crippen LogP contribution in [0.4, 0.5) is 0 Å². The lowest BCUT2D eigenvalue weighted by Crippen LogP contribution is -2.60. The van der Waals surface area contributed by atoms with Gasteiger partial charge in [-0.15, -0.1) is 5.10 Å². The molecule has 1 aliphatic rings. The number of aliphatic carboxylic acids is 1. The van der Waals surface area contributed by atoms with Crippen molar-refractivity contribution in [1.29, 1.82) is 0 Å². The van der Waals surface area contributed by atoms with E-state index < -0.39 is 42.7 Å². The molecule has 0 saturated carbocycles. The van der Waals surface area contributed by atoms with Crippen molar-refractivity contribution in [1.82, 2.24) is 20.3 Å². The maximum absolute atomic E-state index is 12.3. The number of ether oxygens (including phenoxy) is 2. The second kappa shape index (κ2) is 11.7. The number of Topliss-reactive ketones (excluding diaryl/α,β-unsaturated/α-hetero) is 1. The quantitative estimate of drug-likeness (QED) is 0.222. The summed E-state index contributed by atoms with van der Waals surface area (Å²) in [5.74, 6) is -0.493. The monoisotopic (exact) mass is 448 g/mol. The van der Waals surface area contributed by atoms with E-state index in [2.05, 4.69) is 15.6 Å². The van der Waals surface area contributed by atoms with Gasteiger partial charge in [0.15, 0.2) is 12.4 Å². The number of likely N-dealkylation sites (N-methyl/N-ethyl adjacent to an activating group) is 1. The fourth-order valence-corrected chi connectivity index (χ4v) is 3.42. The molecule has 1 saturated heterocycles. The average molecular weight is 448 g/mol. The van der Waals surface area contributed by atoms with Crippen LogP contribution in [0, 0.1) is 0 Å². The van der Waals surface area contributed by atoms with Crippen LogP contribution in [0.2, 0.25) is 0 Å². The molecule has 0 bridgehead atoms.